The van der Waals surface area contributed by atoms with Crippen molar-refractivity contribution in [3.8, 4) is 0 Å². The second-order valence-corrected chi connectivity index (χ2v) is 3.97. The molecule has 0 bridgehead atoms. The summed E-state index contributed by atoms with van der Waals surface area (Å²) in [5, 5.41) is 0. The first-order chi connectivity index (χ1) is 7.20. The third-order valence-corrected chi connectivity index (χ3v) is 2.28. The van der Waals surface area contributed by atoms with Crippen molar-refractivity contribution in [2.24, 2.45) is 0 Å². The molecule has 0 aliphatic carbocycles. The molecular formula is C13H24O2. The molecule has 0 amide bonds. The van der Waals surface area contributed by atoms with Gasteiger partial charge in [-0.3, -0.25) is 0 Å². The van der Waals surface area contributed by atoms with E-state index in [0.717, 1.165) is 24.8 Å². The average Bonchev–Trinajstić information content (AvgIpc) is 2.18. The van der Waals surface area contributed by atoms with Crippen molar-refractivity contribution < 1.29 is 9.53 Å². The van der Waals surface area contributed by atoms with E-state index in [1.54, 1.807) is 6.08 Å². The van der Waals surface area contributed by atoms with Gasteiger partial charge in [-0.1, -0.05) is 38.7 Å². The molecule has 15 heavy (non-hydrogen) atoms. The number of carbonyl (C=O) groups excluding carboxylic acids is 1. The number of rotatable bonds is 8. The van der Waals surface area contributed by atoms with E-state index in [1.165, 1.54) is 19.3 Å². The highest BCUT2D eigenvalue weighted by atomic mass is 16.5. The minimum absolute atomic E-state index is 0.183. The molecule has 0 saturated carbocycles. The molecule has 0 heterocycles. The van der Waals surface area contributed by atoms with Crippen LogP contribution < -0.4 is 0 Å². The first-order valence-corrected chi connectivity index (χ1v) is 6.04. The number of hydrogen-bond donors (Lipinski definition) is 0. The van der Waals surface area contributed by atoms with Gasteiger partial charge in [-0.15, -0.1) is 0 Å². The summed E-state index contributed by atoms with van der Waals surface area (Å²) < 4.78 is 5.04. The number of esters is 1. The summed E-state index contributed by atoms with van der Waals surface area (Å²) in [4.78, 5) is 11.3. The Kier molecular flexibility index (Phi) is 9.24. The molecule has 0 saturated heterocycles. The van der Waals surface area contributed by atoms with E-state index in [9.17, 15) is 4.79 Å². The molecule has 0 fully saturated rings. The SMILES string of the molecule is CCCCCC(C)=CC(=O)OCCCC. The maximum absolute atomic E-state index is 11.3. The van der Waals surface area contributed by atoms with E-state index in [0.29, 0.717) is 6.61 Å². The first kappa shape index (κ1) is 14.2. The van der Waals surface area contributed by atoms with Gasteiger partial charge in [-0.05, 0) is 26.2 Å². The number of carbonyl (C=O) groups is 1. The topological polar surface area (TPSA) is 26.3 Å². The molecule has 0 aromatic carbocycles. The van der Waals surface area contributed by atoms with Crippen molar-refractivity contribution in [2.75, 3.05) is 6.61 Å². The number of unbranched alkanes of at least 4 members (excludes halogenated alkanes) is 3. The Morgan fingerprint density at radius 1 is 1.13 bits per heavy atom. The van der Waals surface area contributed by atoms with E-state index in [4.69, 9.17) is 4.74 Å². The molecule has 2 heteroatoms. The van der Waals surface area contributed by atoms with E-state index < -0.39 is 0 Å². The van der Waals surface area contributed by atoms with Crippen LogP contribution in [0.1, 0.15) is 59.3 Å². The minimum atomic E-state index is -0.183. The largest absolute Gasteiger partial charge is 0.463 e. The van der Waals surface area contributed by atoms with Crippen molar-refractivity contribution in [1.82, 2.24) is 0 Å². The molecule has 0 aliphatic rings. The van der Waals surface area contributed by atoms with Gasteiger partial charge in [-0.2, -0.15) is 0 Å². The summed E-state index contributed by atoms with van der Waals surface area (Å²) in [7, 11) is 0. The highest BCUT2D eigenvalue weighted by Gasteiger charge is 1.99. The van der Waals surface area contributed by atoms with Gasteiger partial charge in [-0.25, -0.2) is 4.79 Å². The first-order valence-electron chi connectivity index (χ1n) is 6.04. The molecule has 0 N–H and O–H groups in total. The fraction of sp³-hybridized carbons (Fsp3) is 0.769. The van der Waals surface area contributed by atoms with Crippen LogP contribution in [0, 0.1) is 0 Å². The Bertz CT molecular complexity index is 195. The molecule has 0 rings (SSSR count). The summed E-state index contributed by atoms with van der Waals surface area (Å²) >= 11 is 0. The van der Waals surface area contributed by atoms with Gasteiger partial charge in [0, 0.05) is 6.08 Å². The lowest BCUT2D eigenvalue weighted by Gasteiger charge is -2.02. The van der Waals surface area contributed by atoms with Gasteiger partial charge in [0.1, 0.15) is 0 Å². The third kappa shape index (κ3) is 9.51. The van der Waals surface area contributed by atoms with Gasteiger partial charge in [0.2, 0.25) is 0 Å². The maximum atomic E-state index is 11.3. The van der Waals surface area contributed by atoms with Crippen molar-refractivity contribution in [3.05, 3.63) is 11.6 Å². The van der Waals surface area contributed by atoms with Crippen LogP contribution in [0.15, 0.2) is 11.6 Å². The second-order valence-electron chi connectivity index (χ2n) is 3.97. The van der Waals surface area contributed by atoms with E-state index >= 15 is 0 Å². The van der Waals surface area contributed by atoms with Gasteiger partial charge in [0.15, 0.2) is 0 Å². The minimum Gasteiger partial charge on any atom is -0.463 e. The normalized spacial score (nSPS) is 11.5. The molecule has 0 radical (unpaired) electrons. The molecular weight excluding hydrogens is 188 g/mol. The van der Waals surface area contributed by atoms with Gasteiger partial charge in [0.05, 0.1) is 6.61 Å². The maximum Gasteiger partial charge on any atom is 0.330 e. The standard InChI is InChI=1S/C13H24O2/c1-4-6-8-9-12(3)11-13(14)15-10-7-5-2/h11H,4-10H2,1-3H3. The summed E-state index contributed by atoms with van der Waals surface area (Å²) in [5.41, 5.74) is 1.13. The monoisotopic (exact) mass is 212 g/mol. The highest BCUT2D eigenvalue weighted by Crippen LogP contribution is 2.08. The fourth-order valence-corrected chi connectivity index (χ4v) is 1.29. The van der Waals surface area contributed by atoms with Crippen molar-refractivity contribution in [1.29, 1.82) is 0 Å². The number of hydrogen-bond acceptors (Lipinski definition) is 2. The molecule has 0 aromatic rings. The van der Waals surface area contributed by atoms with Crippen LogP contribution in [0.5, 0.6) is 0 Å². The quantitative estimate of drug-likeness (QED) is 0.347. The predicted octanol–water partition coefficient (Wildman–Crippen LogP) is 3.86. The van der Waals surface area contributed by atoms with Crippen LogP contribution in [0.4, 0.5) is 0 Å². The van der Waals surface area contributed by atoms with Crippen LogP contribution >= 0.6 is 0 Å². The van der Waals surface area contributed by atoms with E-state index in [2.05, 4.69) is 13.8 Å². The fourth-order valence-electron chi connectivity index (χ4n) is 1.29. The summed E-state index contributed by atoms with van der Waals surface area (Å²) in [6.07, 6.45) is 8.27. The molecule has 0 aromatic heterocycles. The van der Waals surface area contributed by atoms with E-state index in [-0.39, 0.29) is 5.97 Å². The Labute approximate surface area is 93.7 Å². The average molecular weight is 212 g/mol. The number of ether oxygens (including phenoxy) is 1. The molecule has 0 spiro atoms. The Hall–Kier alpha value is -0.790. The van der Waals surface area contributed by atoms with E-state index in [1.807, 2.05) is 6.92 Å². The van der Waals surface area contributed by atoms with Crippen LogP contribution in [0.25, 0.3) is 0 Å². The van der Waals surface area contributed by atoms with Crippen molar-refractivity contribution >= 4 is 5.97 Å². The Morgan fingerprint density at radius 2 is 1.80 bits per heavy atom. The lowest BCUT2D eigenvalue weighted by molar-refractivity contribution is -0.137. The highest BCUT2D eigenvalue weighted by molar-refractivity contribution is 5.82. The van der Waals surface area contributed by atoms with Gasteiger partial charge < -0.3 is 4.74 Å². The third-order valence-electron chi connectivity index (χ3n) is 2.28. The van der Waals surface area contributed by atoms with Crippen LogP contribution in [0.3, 0.4) is 0 Å². The molecule has 2 nitrogen and oxygen atoms in total. The summed E-state index contributed by atoms with van der Waals surface area (Å²) in [6.45, 7) is 6.81. The molecule has 0 aliphatic heterocycles. The van der Waals surface area contributed by atoms with Gasteiger partial charge in [0.25, 0.3) is 0 Å². The Balaban J connectivity index is 3.65. The molecule has 0 unspecified atom stereocenters. The smallest absolute Gasteiger partial charge is 0.330 e. The Morgan fingerprint density at radius 3 is 2.40 bits per heavy atom. The lowest BCUT2D eigenvalue weighted by Crippen LogP contribution is -2.02. The summed E-state index contributed by atoms with van der Waals surface area (Å²) in [5.74, 6) is -0.183. The zero-order valence-electron chi connectivity index (χ0n) is 10.3. The second kappa shape index (κ2) is 9.75. The van der Waals surface area contributed by atoms with Crippen LogP contribution in [-0.4, -0.2) is 12.6 Å². The van der Waals surface area contributed by atoms with Crippen molar-refractivity contribution in [3.63, 3.8) is 0 Å². The lowest BCUT2D eigenvalue weighted by atomic mass is 10.1. The van der Waals surface area contributed by atoms with Crippen LogP contribution in [-0.2, 0) is 9.53 Å². The zero-order chi connectivity index (χ0) is 11.5. The van der Waals surface area contributed by atoms with Gasteiger partial charge >= 0.3 is 5.97 Å². The molecule has 0 atom stereocenters. The van der Waals surface area contributed by atoms with Crippen LogP contribution in [0.2, 0.25) is 0 Å². The zero-order valence-corrected chi connectivity index (χ0v) is 10.3. The summed E-state index contributed by atoms with van der Waals surface area (Å²) in [6, 6.07) is 0. The number of allylic oxidation sites excluding steroid dienone is 1. The van der Waals surface area contributed by atoms with Crippen molar-refractivity contribution in [2.45, 2.75) is 59.3 Å². The predicted molar refractivity (Wildman–Crippen MR) is 63.8 cm³/mol. The molecule has 88 valence electrons.